The lowest BCUT2D eigenvalue weighted by atomic mass is 9.99. The summed E-state index contributed by atoms with van der Waals surface area (Å²) in [6, 6.07) is 8.42. The molecule has 0 heterocycles. The van der Waals surface area contributed by atoms with Crippen molar-refractivity contribution in [3.8, 4) is 16.9 Å². The number of hydrogen-bond acceptors (Lipinski definition) is 2. The van der Waals surface area contributed by atoms with Crippen LogP contribution in [0.2, 0.25) is 0 Å². The van der Waals surface area contributed by atoms with Crippen molar-refractivity contribution < 1.29 is 18.3 Å². The Labute approximate surface area is 103 Å². The van der Waals surface area contributed by atoms with E-state index >= 15 is 0 Å². The fourth-order valence-corrected chi connectivity index (χ4v) is 1.75. The van der Waals surface area contributed by atoms with E-state index in [-0.39, 0.29) is 22.4 Å². The summed E-state index contributed by atoms with van der Waals surface area (Å²) >= 11 is 0. The van der Waals surface area contributed by atoms with Crippen LogP contribution in [0.1, 0.15) is 10.4 Å². The lowest BCUT2D eigenvalue weighted by molar-refractivity contribution is 0.112. The number of carbonyl (C=O) groups excluding carboxylic acids is 1. The molecule has 0 atom stereocenters. The van der Waals surface area contributed by atoms with Crippen LogP contribution in [0.5, 0.6) is 5.75 Å². The monoisotopic (exact) mass is 248 g/mol. The minimum absolute atomic E-state index is 0.0948. The van der Waals surface area contributed by atoms with Crippen molar-refractivity contribution in [3.63, 3.8) is 0 Å². The van der Waals surface area contributed by atoms with E-state index < -0.39 is 11.6 Å². The van der Waals surface area contributed by atoms with Gasteiger partial charge in [0.05, 0.1) is 12.7 Å². The van der Waals surface area contributed by atoms with E-state index in [4.69, 9.17) is 4.74 Å². The van der Waals surface area contributed by atoms with Crippen LogP contribution >= 0.6 is 0 Å². The second-order valence-corrected chi connectivity index (χ2v) is 3.67. The molecule has 0 aromatic heterocycles. The molecule has 2 nitrogen and oxygen atoms in total. The summed E-state index contributed by atoms with van der Waals surface area (Å²) < 4.78 is 32.5. The van der Waals surface area contributed by atoms with Gasteiger partial charge in [-0.1, -0.05) is 24.3 Å². The van der Waals surface area contributed by atoms with Crippen LogP contribution in [-0.4, -0.2) is 13.4 Å². The molecule has 18 heavy (non-hydrogen) atoms. The molecule has 0 aliphatic rings. The van der Waals surface area contributed by atoms with Gasteiger partial charge in [-0.3, -0.25) is 4.79 Å². The zero-order chi connectivity index (χ0) is 13.1. The summed E-state index contributed by atoms with van der Waals surface area (Å²) in [7, 11) is 1.33. The van der Waals surface area contributed by atoms with Gasteiger partial charge in [0.1, 0.15) is 17.4 Å². The van der Waals surface area contributed by atoms with Crippen LogP contribution in [-0.2, 0) is 0 Å². The van der Waals surface area contributed by atoms with Crippen LogP contribution in [0.3, 0.4) is 0 Å². The zero-order valence-electron chi connectivity index (χ0n) is 9.61. The Balaban J connectivity index is 2.67. The van der Waals surface area contributed by atoms with Crippen LogP contribution < -0.4 is 4.74 Å². The highest BCUT2D eigenvalue weighted by Crippen LogP contribution is 2.31. The average molecular weight is 248 g/mol. The molecule has 0 amide bonds. The first kappa shape index (κ1) is 12.2. The Morgan fingerprint density at radius 3 is 2.28 bits per heavy atom. The van der Waals surface area contributed by atoms with Crippen molar-refractivity contribution in [2.45, 2.75) is 0 Å². The fourth-order valence-electron chi connectivity index (χ4n) is 1.75. The SMILES string of the molecule is COc1cc(F)c(-c2ccccc2C=O)c(F)c1. The van der Waals surface area contributed by atoms with Gasteiger partial charge in [-0.2, -0.15) is 0 Å². The van der Waals surface area contributed by atoms with Gasteiger partial charge in [0, 0.05) is 17.7 Å². The Hall–Kier alpha value is -2.23. The summed E-state index contributed by atoms with van der Waals surface area (Å²) in [6.45, 7) is 0. The number of aldehydes is 1. The molecule has 2 aromatic carbocycles. The first-order valence-corrected chi connectivity index (χ1v) is 5.25. The average Bonchev–Trinajstić information content (AvgIpc) is 2.38. The first-order valence-electron chi connectivity index (χ1n) is 5.25. The number of benzene rings is 2. The largest absolute Gasteiger partial charge is 0.497 e. The quantitative estimate of drug-likeness (QED) is 0.777. The molecule has 2 aromatic rings. The summed E-state index contributed by atoms with van der Waals surface area (Å²) in [6.07, 6.45) is 0.568. The maximum atomic E-state index is 13.9. The molecule has 0 unspecified atom stereocenters. The van der Waals surface area contributed by atoms with Gasteiger partial charge >= 0.3 is 0 Å². The molecule has 0 fully saturated rings. The molecule has 0 spiro atoms. The molecule has 0 radical (unpaired) electrons. The molecule has 4 heteroatoms. The number of rotatable bonds is 3. The van der Waals surface area contributed by atoms with E-state index in [1.54, 1.807) is 12.1 Å². The number of methoxy groups -OCH3 is 1. The van der Waals surface area contributed by atoms with Crippen molar-refractivity contribution in [2.75, 3.05) is 7.11 Å². The smallest absolute Gasteiger partial charge is 0.150 e. The third-order valence-electron chi connectivity index (χ3n) is 2.61. The molecule has 0 N–H and O–H groups in total. The van der Waals surface area contributed by atoms with Crippen molar-refractivity contribution in [1.82, 2.24) is 0 Å². The maximum Gasteiger partial charge on any atom is 0.150 e. The molecule has 0 bridgehead atoms. The minimum atomic E-state index is -0.763. The predicted octanol–water partition coefficient (Wildman–Crippen LogP) is 3.45. The van der Waals surface area contributed by atoms with E-state index in [9.17, 15) is 13.6 Å². The number of carbonyl (C=O) groups is 1. The van der Waals surface area contributed by atoms with Crippen molar-refractivity contribution in [3.05, 3.63) is 53.6 Å². The van der Waals surface area contributed by atoms with E-state index in [1.807, 2.05) is 0 Å². The third kappa shape index (κ3) is 2.09. The van der Waals surface area contributed by atoms with Crippen LogP contribution in [0.25, 0.3) is 11.1 Å². The Kier molecular flexibility index (Phi) is 3.37. The summed E-state index contributed by atoms with van der Waals surface area (Å²) in [5, 5.41) is 0. The molecular formula is C14H10F2O2. The van der Waals surface area contributed by atoms with Crippen molar-refractivity contribution >= 4 is 6.29 Å². The number of ether oxygens (including phenoxy) is 1. The van der Waals surface area contributed by atoms with Crippen molar-refractivity contribution in [2.24, 2.45) is 0 Å². The van der Waals surface area contributed by atoms with Gasteiger partial charge in [-0.25, -0.2) is 8.78 Å². The Morgan fingerprint density at radius 2 is 1.72 bits per heavy atom. The number of halogens is 2. The fraction of sp³-hybridized carbons (Fsp3) is 0.0714. The summed E-state index contributed by atoms with van der Waals surface area (Å²) in [4.78, 5) is 10.9. The molecule has 0 saturated heterocycles. The van der Waals surface area contributed by atoms with Gasteiger partial charge < -0.3 is 4.74 Å². The predicted molar refractivity (Wildman–Crippen MR) is 63.7 cm³/mol. The second-order valence-electron chi connectivity index (χ2n) is 3.67. The standard InChI is InChI=1S/C14H10F2O2/c1-18-10-6-12(15)14(13(16)7-10)11-5-3-2-4-9(11)8-17/h2-8H,1H3. The van der Waals surface area contributed by atoms with E-state index in [2.05, 4.69) is 0 Å². The number of hydrogen-bond donors (Lipinski definition) is 0. The van der Waals surface area contributed by atoms with Crippen LogP contribution in [0.15, 0.2) is 36.4 Å². The van der Waals surface area contributed by atoms with Crippen LogP contribution in [0, 0.1) is 11.6 Å². The highest BCUT2D eigenvalue weighted by Gasteiger charge is 2.16. The molecule has 0 aliphatic heterocycles. The molecular weight excluding hydrogens is 238 g/mol. The third-order valence-corrected chi connectivity index (χ3v) is 2.61. The Bertz CT molecular complexity index is 571. The second kappa shape index (κ2) is 4.96. The molecule has 0 aliphatic carbocycles. The van der Waals surface area contributed by atoms with Crippen LogP contribution in [0.4, 0.5) is 8.78 Å². The van der Waals surface area contributed by atoms with E-state index in [0.29, 0.717) is 6.29 Å². The molecule has 92 valence electrons. The Morgan fingerprint density at radius 1 is 1.11 bits per heavy atom. The van der Waals surface area contributed by atoms with Gasteiger partial charge in [0.25, 0.3) is 0 Å². The summed E-state index contributed by atoms with van der Waals surface area (Å²) in [5.74, 6) is -1.43. The van der Waals surface area contributed by atoms with E-state index in [0.717, 1.165) is 12.1 Å². The topological polar surface area (TPSA) is 26.3 Å². The van der Waals surface area contributed by atoms with Gasteiger partial charge in [0.15, 0.2) is 6.29 Å². The van der Waals surface area contributed by atoms with Gasteiger partial charge in [-0.15, -0.1) is 0 Å². The van der Waals surface area contributed by atoms with E-state index in [1.165, 1.54) is 19.2 Å². The summed E-state index contributed by atoms with van der Waals surface area (Å²) in [5.41, 5.74) is 0.240. The molecule has 0 saturated carbocycles. The lowest BCUT2D eigenvalue weighted by Crippen LogP contribution is -1.96. The highest BCUT2D eigenvalue weighted by atomic mass is 19.1. The highest BCUT2D eigenvalue weighted by molar-refractivity contribution is 5.87. The minimum Gasteiger partial charge on any atom is -0.497 e. The first-order chi connectivity index (χ1) is 8.67. The van der Waals surface area contributed by atoms with Crippen molar-refractivity contribution in [1.29, 1.82) is 0 Å². The lowest BCUT2D eigenvalue weighted by Gasteiger charge is -2.09. The van der Waals surface area contributed by atoms with Gasteiger partial charge in [0.2, 0.25) is 0 Å². The maximum absolute atomic E-state index is 13.9. The normalized spacial score (nSPS) is 10.2. The van der Waals surface area contributed by atoms with Gasteiger partial charge in [-0.05, 0) is 5.56 Å². The zero-order valence-corrected chi connectivity index (χ0v) is 9.61. The molecule has 2 rings (SSSR count).